The molecule has 3 heterocycles. The highest BCUT2D eigenvalue weighted by Gasteiger charge is 2.37. The minimum atomic E-state index is -0.636. The van der Waals surface area contributed by atoms with Crippen molar-refractivity contribution in [3.8, 4) is 11.6 Å². The Morgan fingerprint density at radius 3 is 2.59 bits per heavy atom. The zero-order chi connectivity index (χ0) is 24.6. The second-order valence-corrected chi connectivity index (χ2v) is 8.47. The Morgan fingerprint density at radius 1 is 1.21 bits per heavy atom. The molecule has 11 heteroatoms. The summed E-state index contributed by atoms with van der Waals surface area (Å²) < 4.78 is 20.3. The van der Waals surface area contributed by atoms with E-state index in [0.717, 1.165) is 5.56 Å². The van der Waals surface area contributed by atoms with Crippen molar-refractivity contribution in [3.05, 3.63) is 63.3 Å². The van der Waals surface area contributed by atoms with Crippen LogP contribution in [-0.4, -0.2) is 62.0 Å². The average molecular weight is 468 g/mol. The van der Waals surface area contributed by atoms with Crippen LogP contribution in [0.25, 0.3) is 11.6 Å². The Morgan fingerprint density at radius 2 is 1.91 bits per heavy atom. The molecule has 1 unspecified atom stereocenters. The largest absolute Gasteiger partial charge is 0.419 e. The molecule has 1 aliphatic heterocycles. The van der Waals surface area contributed by atoms with Gasteiger partial charge in [-0.25, -0.2) is 9.37 Å². The van der Waals surface area contributed by atoms with Gasteiger partial charge in [-0.05, 0) is 37.5 Å². The third-order valence-electron chi connectivity index (χ3n) is 5.89. The van der Waals surface area contributed by atoms with Crippen LogP contribution < -0.4 is 5.56 Å². The van der Waals surface area contributed by atoms with Gasteiger partial charge in [0.15, 0.2) is 0 Å². The highest BCUT2D eigenvalue weighted by Crippen LogP contribution is 2.32. The van der Waals surface area contributed by atoms with Gasteiger partial charge in [0.25, 0.3) is 11.4 Å². The third-order valence-corrected chi connectivity index (χ3v) is 5.89. The molecule has 1 fully saturated rings. The summed E-state index contributed by atoms with van der Waals surface area (Å²) in [6.45, 7) is 2.01. The molecular formula is C23H25FN6O4. The van der Waals surface area contributed by atoms with Crippen molar-refractivity contribution in [3.63, 3.8) is 0 Å². The Bertz CT molecular complexity index is 1300. The summed E-state index contributed by atoms with van der Waals surface area (Å²) in [7, 11) is 4.62. The van der Waals surface area contributed by atoms with Crippen LogP contribution in [0.3, 0.4) is 0 Å². The van der Waals surface area contributed by atoms with Crippen LogP contribution in [0.5, 0.6) is 0 Å². The number of aromatic nitrogens is 4. The lowest BCUT2D eigenvalue weighted by molar-refractivity contribution is -0.151. The predicted octanol–water partition coefficient (Wildman–Crippen LogP) is 1.62. The summed E-state index contributed by atoms with van der Waals surface area (Å²) in [5.41, 5.74) is 1.03. The second kappa shape index (κ2) is 9.16. The number of rotatable bonds is 4. The lowest BCUT2D eigenvalue weighted by atomic mass is 10.1. The molecule has 178 valence electrons. The van der Waals surface area contributed by atoms with E-state index in [9.17, 15) is 18.8 Å². The molecule has 34 heavy (non-hydrogen) atoms. The quantitative estimate of drug-likeness (QED) is 0.535. The third kappa shape index (κ3) is 4.33. The highest BCUT2D eigenvalue weighted by molar-refractivity contribution is 6.34. The number of carbonyl (C=O) groups is 2. The van der Waals surface area contributed by atoms with Crippen LogP contribution in [0.1, 0.15) is 41.7 Å². The molecule has 1 aromatic carbocycles. The Balaban J connectivity index is 1.68. The van der Waals surface area contributed by atoms with E-state index in [1.807, 2.05) is 0 Å². The predicted molar refractivity (Wildman–Crippen MR) is 119 cm³/mol. The minimum absolute atomic E-state index is 0.0776. The van der Waals surface area contributed by atoms with Crippen LogP contribution in [0.15, 0.2) is 33.5 Å². The number of amides is 2. The van der Waals surface area contributed by atoms with Gasteiger partial charge in [0, 0.05) is 33.3 Å². The minimum Gasteiger partial charge on any atom is -0.419 e. The first kappa shape index (κ1) is 23.3. The number of likely N-dealkylation sites (N-methyl/N-ethyl adjacent to an activating group) is 1. The van der Waals surface area contributed by atoms with Gasteiger partial charge >= 0.3 is 11.8 Å². The molecule has 2 aromatic heterocycles. The number of hydrogen-bond acceptors (Lipinski definition) is 7. The van der Waals surface area contributed by atoms with Gasteiger partial charge in [-0.15, -0.1) is 10.2 Å². The van der Waals surface area contributed by atoms with Crippen molar-refractivity contribution in [2.45, 2.75) is 32.2 Å². The van der Waals surface area contributed by atoms with E-state index in [-0.39, 0.29) is 23.0 Å². The number of halogens is 1. The fourth-order valence-corrected chi connectivity index (χ4v) is 4.03. The van der Waals surface area contributed by atoms with Crippen molar-refractivity contribution in [2.75, 3.05) is 20.6 Å². The van der Waals surface area contributed by atoms with Crippen LogP contribution in [-0.2, 0) is 23.1 Å². The van der Waals surface area contributed by atoms with Crippen LogP contribution in [0.2, 0.25) is 0 Å². The molecule has 0 saturated carbocycles. The molecule has 0 radical (unpaired) electrons. The zero-order valence-corrected chi connectivity index (χ0v) is 19.4. The first-order chi connectivity index (χ1) is 16.2. The number of benzene rings is 1. The lowest BCUT2D eigenvalue weighted by Crippen LogP contribution is -2.43. The van der Waals surface area contributed by atoms with Crippen LogP contribution >= 0.6 is 0 Å². The van der Waals surface area contributed by atoms with Crippen molar-refractivity contribution >= 4 is 11.8 Å². The van der Waals surface area contributed by atoms with Crippen molar-refractivity contribution in [1.82, 2.24) is 29.5 Å². The zero-order valence-electron chi connectivity index (χ0n) is 19.4. The highest BCUT2D eigenvalue weighted by atomic mass is 19.1. The topological polar surface area (TPSA) is 114 Å². The molecular weight excluding hydrogens is 443 g/mol. The van der Waals surface area contributed by atoms with E-state index in [1.165, 1.54) is 40.6 Å². The van der Waals surface area contributed by atoms with Crippen molar-refractivity contribution in [2.24, 2.45) is 7.05 Å². The molecule has 0 N–H and O–H groups in total. The van der Waals surface area contributed by atoms with Gasteiger partial charge in [0.2, 0.25) is 5.89 Å². The Hall–Kier alpha value is -3.89. The molecule has 1 saturated heterocycles. The van der Waals surface area contributed by atoms with E-state index in [4.69, 9.17) is 4.42 Å². The molecule has 2 amide bonds. The number of carbonyl (C=O) groups excluding carboxylic acids is 2. The Kier molecular flexibility index (Phi) is 6.27. The van der Waals surface area contributed by atoms with E-state index in [2.05, 4.69) is 15.2 Å². The summed E-state index contributed by atoms with van der Waals surface area (Å²) in [6, 6.07) is 5.41. The maximum atomic E-state index is 13.2. The fraction of sp³-hybridized carbons (Fsp3) is 0.391. The van der Waals surface area contributed by atoms with Crippen molar-refractivity contribution in [1.29, 1.82) is 0 Å². The molecule has 3 aromatic rings. The van der Waals surface area contributed by atoms with E-state index >= 15 is 0 Å². The summed E-state index contributed by atoms with van der Waals surface area (Å²) in [4.78, 5) is 45.3. The van der Waals surface area contributed by atoms with Crippen LogP contribution in [0, 0.1) is 12.7 Å². The number of hydrogen-bond donors (Lipinski definition) is 0. The Labute approximate surface area is 195 Å². The van der Waals surface area contributed by atoms with Gasteiger partial charge in [0.1, 0.15) is 17.3 Å². The number of nitrogens with zero attached hydrogens (tertiary/aromatic N) is 6. The van der Waals surface area contributed by atoms with Crippen molar-refractivity contribution < 1.29 is 18.4 Å². The molecule has 4 rings (SSSR count). The van der Waals surface area contributed by atoms with Gasteiger partial charge in [-0.1, -0.05) is 12.1 Å². The lowest BCUT2D eigenvalue weighted by Gasteiger charge is -2.26. The molecule has 0 bridgehead atoms. The van der Waals surface area contributed by atoms with Gasteiger partial charge in [-0.2, -0.15) is 0 Å². The first-order valence-electron chi connectivity index (χ1n) is 10.8. The molecule has 1 atom stereocenters. The van der Waals surface area contributed by atoms with E-state index in [1.54, 1.807) is 26.1 Å². The molecule has 10 nitrogen and oxygen atoms in total. The van der Waals surface area contributed by atoms with Gasteiger partial charge in [-0.3, -0.25) is 19.0 Å². The van der Waals surface area contributed by atoms with Gasteiger partial charge < -0.3 is 14.2 Å². The molecule has 0 aliphatic carbocycles. The summed E-state index contributed by atoms with van der Waals surface area (Å²) >= 11 is 0. The van der Waals surface area contributed by atoms with E-state index in [0.29, 0.717) is 43.1 Å². The second-order valence-electron chi connectivity index (χ2n) is 8.47. The van der Waals surface area contributed by atoms with Gasteiger partial charge in [0.05, 0.1) is 12.5 Å². The SMILES string of the molecule is Cc1c(-c2nnc(Cc3ccc(F)cc3)o2)nc(C2CCCN2C(=O)C(=O)N(C)C)n(C)c1=O. The smallest absolute Gasteiger partial charge is 0.312 e. The summed E-state index contributed by atoms with van der Waals surface area (Å²) in [5.74, 6) is -0.890. The average Bonchev–Trinajstić information content (AvgIpc) is 3.48. The van der Waals surface area contributed by atoms with Crippen LogP contribution in [0.4, 0.5) is 4.39 Å². The summed E-state index contributed by atoms with van der Waals surface area (Å²) in [6.07, 6.45) is 1.54. The molecule has 0 spiro atoms. The van der Waals surface area contributed by atoms with E-state index < -0.39 is 17.9 Å². The number of likely N-dealkylation sites (tertiary alicyclic amines) is 1. The standard InChI is InChI=1S/C23H25FN6O4/c1-13-18(20-27-26-17(34-20)12-14-7-9-15(24)10-8-14)25-19(29(4)21(13)31)16-6-5-11-30(16)23(33)22(32)28(2)3/h7-10,16H,5-6,11-12H2,1-4H3. The first-order valence-corrected chi connectivity index (χ1v) is 10.8. The maximum absolute atomic E-state index is 13.2. The fourth-order valence-electron chi connectivity index (χ4n) is 4.03. The normalized spacial score (nSPS) is 15.6. The summed E-state index contributed by atoms with van der Waals surface area (Å²) in [5, 5.41) is 8.10. The monoisotopic (exact) mass is 468 g/mol. The molecule has 1 aliphatic rings. The maximum Gasteiger partial charge on any atom is 0.312 e.